The van der Waals surface area contributed by atoms with Crippen LogP contribution in [-0.4, -0.2) is 17.7 Å². The highest BCUT2D eigenvalue weighted by Gasteiger charge is 2.39. The molecule has 1 saturated heterocycles. The van der Waals surface area contributed by atoms with E-state index in [1.165, 1.54) is 13.8 Å². The summed E-state index contributed by atoms with van der Waals surface area (Å²) in [6, 6.07) is 0. The highest BCUT2D eigenvalue weighted by molar-refractivity contribution is 6.15. The van der Waals surface area contributed by atoms with Gasteiger partial charge in [-0.15, -0.1) is 5.73 Å². The Morgan fingerprint density at radius 1 is 1.16 bits per heavy atom. The molecule has 1 heterocycles. The first-order chi connectivity index (χ1) is 8.52. The molecule has 1 aliphatic heterocycles. The van der Waals surface area contributed by atoms with E-state index in [9.17, 15) is 9.59 Å². The molecule has 1 fully saturated rings. The largest absolute Gasteiger partial charge is 0.419 e. The minimum atomic E-state index is -1.20. The summed E-state index contributed by atoms with van der Waals surface area (Å²) in [6.45, 7) is 10.6. The number of carbonyl (C=O) groups is 2. The summed E-state index contributed by atoms with van der Waals surface area (Å²) in [4.78, 5) is 23.6. The van der Waals surface area contributed by atoms with Crippen molar-refractivity contribution in [3.05, 3.63) is 29.0 Å². The zero-order chi connectivity index (χ0) is 14.8. The summed E-state index contributed by atoms with van der Waals surface area (Å²) in [5.41, 5.74) is 3.51. The van der Waals surface area contributed by atoms with E-state index in [2.05, 4.69) is 5.73 Å². The summed E-state index contributed by atoms with van der Waals surface area (Å²) in [6.07, 6.45) is 3.35. The number of cyclic esters (lactones) is 2. The van der Waals surface area contributed by atoms with Gasteiger partial charge >= 0.3 is 11.9 Å². The fourth-order valence-electron chi connectivity index (χ4n) is 1.52. The Bertz CT molecular complexity index is 474. The van der Waals surface area contributed by atoms with Gasteiger partial charge < -0.3 is 9.47 Å². The van der Waals surface area contributed by atoms with E-state index in [0.29, 0.717) is 0 Å². The van der Waals surface area contributed by atoms with Crippen LogP contribution < -0.4 is 0 Å². The quantitative estimate of drug-likeness (QED) is 0.333. The van der Waals surface area contributed by atoms with Gasteiger partial charge in [0, 0.05) is 19.3 Å². The lowest BCUT2D eigenvalue weighted by molar-refractivity contribution is -0.222. The predicted octanol–water partition coefficient (Wildman–Crippen LogP) is 2.90. The number of ether oxygens (including phenoxy) is 2. The summed E-state index contributed by atoms with van der Waals surface area (Å²) < 4.78 is 10.1. The molecule has 4 heteroatoms. The molecule has 0 radical (unpaired) electrons. The molecule has 4 nitrogen and oxygen atoms in total. The van der Waals surface area contributed by atoms with E-state index < -0.39 is 23.1 Å². The van der Waals surface area contributed by atoms with Crippen LogP contribution >= 0.6 is 0 Å². The van der Waals surface area contributed by atoms with Gasteiger partial charge in [-0.1, -0.05) is 19.9 Å². The normalized spacial score (nSPS) is 18.1. The van der Waals surface area contributed by atoms with Gasteiger partial charge in [0.05, 0.1) is 0 Å². The van der Waals surface area contributed by atoms with E-state index in [1.54, 1.807) is 12.2 Å². The molecular weight excluding hydrogens is 244 g/mol. The molecule has 0 unspecified atom stereocenters. The minimum absolute atomic E-state index is 0.0730. The molecule has 0 amide bonds. The first-order valence-electron chi connectivity index (χ1n) is 6.13. The Kier molecular flexibility index (Phi) is 4.06. The second-order valence-electron chi connectivity index (χ2n) is 5.85. The van der Waals surface area contributed by atoms with Crippen molar-refractivity contribution in [3.8, 4) is 0 Å². The maximum atomic E-state index is 11.8. The number of hydrogen-bond acceptors (Lipinski definition) is 4. The molecule has 0 aromatic rings. The smallest absolute Gasteiger partial charge is 0.348 e. The van der Waals surface area contributed by atoms with E-state index >= 15 is 0 Å². The zero-order valence-corrected chi connectivity index (χ0v) is 12.3. The van der Waals surface area contributed by atoms with Crippen molar-refractivity contribution in [1.82, 2.24) is 0 Å². The Morgan fingerprint density at radius 2 is 1.63 bits per heavy atom. The third-order valence-corrected chi connectivity index (χ3v) is 2.37. The maximum absolute atomic E-state index is 11.8. The van der Waals surface area contributed by atoms with Crippen molar-refractivity contribution in [3.63, 3.8) is 0 Å². The molecule has 0 spiro atoms. The molecule has 0 aromatic carbocycles. The van der Waals surface area contributed by atoms with Gasteiger partial charge in [0.2, 0.25) is 0 Å². The molecule has 104 valence electrons. The average Bonchev–Trinajstić information content (AvgIpc) is 2.20. The molecule has 0 atom stereocenters. The van der Waals surface area contributed by atoms with Crippen LogP contribution in [0.4, 0.5) is 0 Å². The molecule has 1 aliphatic rings. The summed E-state index contributed by atoms with van der Waals surface area (Å²) in [5.74, 6) is -2.51. The van der Waals surface area contributed by atoms with Crippen LogP contribution in [0.2, 0.25) is 0 Å². The Labute approximate surface area is 113 Å². The van der Waals surface area contributed by atoms with Gasteiger partial charge in [-0.05, 0) is 25.5 Å². The topological polar surface area (TPSA) is 52.6 Å². The molecular formula is C15H20O4. The van der Waals surface area contributed by atoms with Gasteiger partial charge in [0.15, 0.2) is 0 Å². The maximum Gasteiger partial charge on any atom is 0.348 e. The fourth-order valence-corrected chi connectivity index (χ4v) is 1.52. The molecule has 0 aliphatic carbocycles. The molecule has 0 N–H and O–H groups in total. The highest BCUT2D eigenvalue weighted by Crippen LogP contribution is 2.27. The summed E-state index contributed by atoms with van der Waals surface area (Å²) in [5, 5.41) is 0. The monoisotopic (exact) mass is 264 g/mol. The second kappa shape index (κ2) is 5.06. The lowest BCUT2D eigenvalue weighted by Crippen LogP contribution is -2.42. The van der Waals surface area contributed by atoms with E-state index in [1.807, 2.05) is 27.7 Å². The fraction of sp³-hybridized carbons (Fsp3) is 0.533. The van der Waals surface area contributed by atoms with Crippen LogP contribution in [0.3, 0.4) is 0 Å². The minimum Gasteiger partial charge on any atom is -0.419 e. The van der Waals surface area contributed by atoms with Crippen molar-refractivity contribution in [1.29, 1.82) is 0 Å². The van der Waals surface area contributed by atoms with Crippen LogP contribution in [0.5, 0.6) is 0 Å². The second-order valence-corrected chi connectivity index (χ2v) is 5.85. The molecule has 1 rings (SSSR count). The Morgan fingerprint density at radius 3 is 2.05 bits per heavy atom. The third kappa shape index (κ3) is 4.42. The van der Waals surface area contributed by atoms with E-state index in [4.69, 9.17) is 9.47 Å². The Balaban J connectivity index is 3.09. The first-order valence-corrected chi connectivity index (χ1v) is 6.13. The number of carbonyl (C=O) groups excluding carboxylic acids is 2. The van der Waals surface area contributed by atoms with Crippen molar-refractivity contribution < 1.29 is 19.1 Å². The zero-order valence-electron chi connectivity index (χ0n) is 12.3. The number of rotatable bonds is 2. The van der Waals surface area contributed by atoms with Crippen LogP contribution in [0, 0.1) is 5.41 Å². The predicted molar refractivity (Wildman–Crippen MR) is 71.1 cm³/mol. The SMILES string of the molecule is CC(C)=C=CC(C)(C)C=C1C(=O)OC(C)(C)OC1=O. The number of esters is 2. The Hall–Kier alpha value is -1.80. The highest BCUT2D eigenvalue weighted by atomic mass is 16.7. The van der Waals surface area contributed by atoms with Gasteiger partial charge in [-0.2, -0.15) is 0 Å². The van der Waals surface area contributed by atoms with Gasteiger partial charge in [0.1, 0.15) is 5.57 Å². The van der Waals surface area contributed by atoms with Crippen molar-refractivity contribution in [2.75, 3.05) is 0 Å². The standard InChI is InChI=1S/C15H20O4/c1-10(2)7-8-14(3,4)9-11-12(16)18-15(5,6)19-13(11)17/h8-9H,1-6H3. The van der Waals surface area contributed by atoms with Crippen molar-refractivity contribution in [2.24, 2.45) is 5.41 Å². The van der Waals surface area contributed by atoms with Crippen LogP contribution in [0.1, 0.15) is 41.5 Å². The van der Waals surface area contributed by atoms with Crippen molar-refractivity contribution >= 4 is 11.9 Å². The van der Waals surface area contributed by atoms with Crippen molar-refractivity contribution in [2.45, 2.75) is 47.3 Å². The van der Waals surface area contributed by atoms with Gasteiger partial charge in [-0.25, -0.2) is 9.59 Å². The lowest BCUT2D eigenvalue weighted by atomic mass is 9.90. The molecule has 19 heavy (non-hydrogen) atoms. The third-order valence-electron chi connectivity index (χ3n) is 2.37. The molecule has 0 aromatic heterocycles. The van der Waals surface area contributed by atoms with Gasteiger partial charge in [0.25, 0.3) is 5.79 Å². The number of hydrogen-bond donors (Lipinski definition) is 0. The van der Waals surface area contributed by atoms with E-state index in [0.717, 1.165) is 5.57 Å². The number of allylic oxidation sites excluding steroid dienone is 2. The summed E-state index contributed by atoms with van der Waals surface area (Å²) >= 11 is 0. The van der Waals surface area contributed by atoms with Gasteiger partial charge in [-0.3, -0.25) is 0 Å². The average molecular weight is 264 g/mol. The van der Waals surface area contributed by atoms with Crippen LogP contribution in [-0.2, 0) is 19.1 Å². The molecule has 0 saturated carbocycles. The molecule has 0 bridgehead atoms. The summed E-state index contributed by atoms with van der Waals surface area (Å²) in [7, 11) is 0. The van der Waals surface area contributed by atoms with E-state index in [-0.39, 0.29) is 5.57 Å². The van der Waals surface area contributed by atoms with Crippen LogP contribution in [0.25, 0.3) is 0 Å². The lowest BCUT2D eigenvalue weighted by Gasteiger charge is -2.30. The first kappa shape index (κ1) is 15.3. The van der Waals surface area contributed by atoms with Crippen LogP contribution in [0.15, 0.2) is 29.0 Å².